The Balaban J connectivity index is 1.55. The third-order valence-corrected chi connectivity index (χ3v) is 5.80. The zero-order chi connectivity index (χ0) is 21.4. The molecule has 1 fully saturated rings. The van der Waals surface area contributed by atoms with E-state index in [4.69, 9.17) is 20.4 Å². The number of carbonyl (C=O) groups is 1. The molecule has 3 N–H and O–H groups in total. The first-order chi connectivity index (χ1) is 15.1. The van der Waals surface area contributed by atoms with E-state index in [1.165, 1.54) is 5.56 Å². The second kappa shape index (κ2) is 8.00. The molecule has 2 aromatic heterocycles. The number of nitrogens with one attached hydrogen (secondary N) is 1. The van der Waals surface area contributed by atoms with Gasteiger partial charge in [-0.2, -0.15) is 0 Å². The molecule has 3 heterocycles. The van der Waals surface area contributed by atoms with Gasteiger partial charge in [0.25, 0.3) is 5.91 Å². The van der Waals surface area contributed by atoms with Crippen molar-refractivity contribution in [3.05, 3.63) is 65.2 Å². The van der Waals surface area contributed by atoms with Crippen LogP contribution < -0.4 is 11.1 Å². The second-order valence-corrected chi connectivity index (χ2v) is 8.06. The number of nitrogen functional groups attached to an aromatic ring is 1. The first kappa shape index (κ1) is 19.5. The van der Waals surface area contributed by atoms with Crippen molar-refractivity contribution in [2.24, 2.45) is 0 Å². The van der Waals surface area contributed by atoms with Crippen molar-refractivity contribution in [1.82, 2.24) is 19.9 Å². The largest absolute Gasteiger partial charge is 0.384 e. The molecule has 0 unspecified atom stereocenters. The van der Waals surface area contributed by atoms with Gasteiger partial charge in [0.15, 0.2) is 5.65 Å². The van der Waals surface area contributed by atoms with E-state index in [0.29, 0.717) is 35.6 Å². The highest BCUT2D eigenvalue weighted by atomic mass is 16.5. The van der Waals surface area contributed by atoms with Gasteiger partial charge in [0, 0.05) is 13.2 Å². The molecule has 4 aromatic rings. The monoisotopic (exact) mass is 415 g/mol. The van der Waals surface area contributed by atoms with Crippen LogP contribution in [0, 0.1) is 6.92 Å². The van der Waals surface area contributed by atoms with Gasteiger partial charge in [-0.25, -0.2) is 9.97 Å². The summed E-state index contributed by atoms with van der Waals surface area (Å²) in [5.74, 6) is 0.126. The lowest BCUT2D eigenvalue weighted by molar-refractivity contribution is 0.0947. The third-order valence-electron chi connectivity index (χ3n) is 5.80. The van der Waals surface area contributed by atoms with E-state index in [1.54, 1.807) is 0 Å². The maximum Gasteiger partial charge on any atom is 0.257 e. The first-order valence-electron chi connectivity index (χ1n) is 10.6. The second-order valence-electron chi connectivity index (χ2n) is 8.06. The van der Waals surface area contributed by atoms with Crippen molar-refractivity contribution < 1.29 is 9.53 Å². The Morgan fingerprint density at radius 3 is 2.61 bits per heavy atom. The minimum atomic E-state index is -0.251. The highest BCUT2D eigenvalue weighted by molar-refractivity contribution is 6.10. The average Bonchev–Trinajstić information content (AvgIpc) is 3.38. The summed E-state index contributed by atoms with van der Waals surface area (Å²) in [6, 6.07) is 15.7. The van der Waals surface area contributed by atoms with Crippen molar-refractivity contribution in [3.8, 4) is 0 Å². The Morgan fingerprint density at radius 1 is 1.16 bits per heavy atom. The van der Waals surface area contributed by atoms with E-state index >= 15 is 0 Å². The highest BCUT2D eigenvalue weighted by Crippen LogP contribution is 2.29. The number of carbonyl (C=O) groups excluding carboxylic acids is 1. The standard InChI is InChI=1S/C24H25N5O2/c1-15-8-10-16(11-9-15)13-26-24(30)20-21-23(28-19-7-3-2-6-18(19)27-21)29(22(20)25)14-17-5-4-12-31-17/h2-3,6-11,17H,4-5,12-14,25H2,1H3,(H,26,30)/t17-/m1/s1. The Morgan fingerprint density at radius 2 is 1.90 bits per heavy atom. The number of nitrogens with zero attached hydrogens (tertiary/aromatic N) is 3. The van der Waals surface area contributed by atoms with Gasteiger partial charge in [-0.05, 0) is 37.5 Å². The third kappa shape index (κ3) is 3.72. The Bertz CT molecular complexity index is 1260. The summed E-state index contributed by atoms with van der Waals surface area (Å²) >= 11 is 0. The maximum absolute atomic E-state index is 13.2. The lowest BCUT2D eigenvalue weighted by Crippen LogP contribution is -2.24. The van der Waals surface area contributed by atoms with Crippen molar-refractivity contribution in [2.45, 2.75) is 39.0 Å². The van der Waals surface area contributed by atoms with Crippen molar-refractivity contribution in [1.29, 1.82) is 0 Å². The van der Waals surface area contributed by atoms with Gasteiger partial charge < -0.3 is 20.4 Å². The number of aromatic nitrogens is 3. The van der Waals surface area contributed by atoms with Crippen molar-refractivity contribution in [2.75, 3.05) is 12.3 Å². The fourth-order valence-electron chi connectivity index (χ4n) is 4.09. The summed E-state index contributed by atoms with van der Waals surface area (Å²) in [5, 5.41) is 2.99. The van der Waals surface area contributed by atoms with E-state index < -0.39 is 0 Å². The molecule has 1 aliphatic heterocycles. The van der Waals surface area contributed by atoms with E-state index in [-0.39, 0.29) is 12.0 Å². The molecule has 1 amide bonds. The smallest absolute Gasteiger partial charge is 0.257 e. The lowest BCUT2D eigenvalue weighted by atomic mass is 10.1. The molecule has 7 nitrogen and oxygen atoms in total. The van der Waals surface area contributed by atoms with Crippen molar-refractivity contribution in [3.63, 3.8) is 0 Å². The van der Waals surface area contributed by atoms with Gasteiger partial charge in [0.1, 0.15) is 16.9 Å². The van der Waals surface area contributed by atoms with Gasteiger partial charge in [-0.3, -0.25) is 4.79 Å². The van der Waals surface area contributed by atoms with Gasteiger partial charge in [0.05, 0.1) is 23.7 Å². The predicted molar refractivity (Wildman–Crippen MR) is 121 cm³/mol. The van der Waals surface area contributed by atoms with E-state index in [1.807, 2.05) is 60.0 Å². The zero-order valence-electron chi connectivity index (χ0n) is 17.5. The minimum Gasteiger partial charge on any atom is -0.384 e. The quantitative estimate of drug-likeness (QED) is 0.519. The van der Waals surface area contributed by atoms with E-state index in [2.05, 4.69) is 5.32 Å². The predicted octanol–water partition coefficient (Wildman–Crippen LogP) is 3.58. The van der Waals surface area contributed by atoms with E-state index in [0.717, 1.165) is 36.0 Å². The molecule has 0 aliphatic carbocycles. The van der Waals surface area contributed by atoms with Crippen molar-refractivity contribution >= 4 is 33.9 Å². The van der Waals surface area contributed by atoms with Crippen LogP contribution in [0.25, 0.3) is 22.2 Å². The normalized spacial score (nSPS) is 16.2. The van der Waals surface area contributed by atoms with Crippen LogP contribution in [-0.2, 0) is 17.8 Å². The molecule has 2 aromatic carbocycles. The number of rotatable bonds is 5. The fourth-order valence-corrected chi connectivity index (χ4v) is 4.09. The number of ether oxygens (including phenoxy) is 1. The summed E-state index contributed by atoms with van der Waals surface area (Å²) in [6.07, 6.45) is 2.06. The molecule has 31 heavy (non-hydrogen) atoms. The molecule has 5 rings (SSSR count). The molecule has 0 bridgehead atoms. The van der Waals surface area contributed by atoms with Crippen LogP contribution in [0.5, 0.6) is 0 Å². The van der Waals surface area contributed by atoms with Crippen LogP contribution in [0.4, 0.5) is 5.82 Å². The molecular weight excluding hydrogens is 390 g/mol. The summed E-state index contributed by atoms with van der Waals surface area (Å²) in [6.45, 7) is 3.76. The fraction of sp³-hybridized carbons (Fsp3) is 0.292. The molecule has 1 saturated heterocycles. The van der Waals surface area contributed by atoms with Gasteiger partial charge in [-0.1, -0.05) is 42.0 Å². The number of fused-ring (bicyclic) bond motifs is 2. The van der Waals surface area contributed by atoms with Crippen LogP contribution in [0.15, 0.2) is 48.5 Å². The first-order valence-corrected chi connectivity index (χ1v) is 10.6. The number of nitrogens with two attached hydrogens (primary N) is 1. The number of aryl methyl sites for hydroxylation is 1. The van der Waals surface area contributed by atoms with Crippen LogP contribution in [0.1, 0.15) is 34.3 Å². The molecule has 1 atom stereocenters. The molecule has 0 radical (unpaired) electrons. The van der Waals surface area contributed by atoms with Gasteiger partial charge in [-0.15, -0.1) is 0 Å². The lowest BCUT2D eigenvalue weighted by Gasteiger charge is -2.13. The van der Waals surface area contributed by atoms with Crippen LogP contribution >= 0.6 is 0 Å². The Hall–Kier alpha value is -3.45. The Kier molecular flexibility index (Phi) is 5.03. The van der Waals surface area contributed by atoms with Crippen LogP contribution in [0.2, 0.25) is 0 Å². The number of hydrogen-bond acceptors (Lipinski definition) is 5. The topological polar surface area (TPSA) is 95.1 Å². The number of anilines is 1. The zero-order valence-corrected chi connectivity index (χ0v) is 17.5. The maximum atomic E-state index is 13.2. The number of para-hydroxylation sites is 2. The Labute approximate surface area is 180 Å². The van der Waals surface area contributed by atoms with E-state index in [9.17, 15) is 4.79 Å². The summed E-state index contributed by atoms with van der Waals surface area (Å²) in [7, 11) is 0. The van der Waals surface area contributed by atoms with Gasteiger partial charge >= 0.3 is 0 Å². The molecule has 158 valence electrons. The number of hydrogen-bond donors (Lipinski definition) is 2. The molecular formula is C24H25N5O2. The molecule has 0 saturated carbocycles. The summed E-state index contributed by atoms with van der Waals surface area (Å²) < 4.78 is 7.69. The van der Waals surface area contributed by atoms with Crippen LogP contribution in [-0.4, -0.2) is 33.2 Å². The minimum absolute atomic E-state index is 0.0645. The summed E-state index contributed by atoms with van der Waals surface area (Å²) in [5.41, 5.74) is 11.7. The van der Waals surface area contributed by atoms with Gasteiger partial charge in [0.2, 0.25) is 0 Å². The van der Waals surface area contributed by atoms with Crippen LogP contribution in [0.3, 0.4) is 0 Å². The number of amides is 1. The average molecular weight is 415 g/mol. The molecule has 1 aliphatic rings. The highest BCUT2D eigenvalue weighted by Gasteiger charge is 2.26. The SMILES string of the molecule is Cc1ccc(CNC(=O)c2c(N)n(C[C@H]3CCCO3)c3nc4ccccc4nc23)cc1. The molecule has 0 spiro atoms. The molecule has 7 heteroatoms. The summed E-state index contributed by atoms with van der Waals surface area (Å²) in [4.78, 5) is 22.8. The number of benzene rings is 2.